The molecule has 6 nitrogen and oxygen atoms in total. The molecule has 2 amide bonds. The molecule has 33 heavy (non-hydrogen) atoms. The Labute approximate surface area is 195 Å². The van der Waals surface area contributed by atoms with Gasteiger partial charge >= 0.3 is 0 Å². The Bertz CT molecular complexity index is 1020. The highest BCUT2D eigenvalue weighted by Gasteiger charge is 2.29. The molecule has 0 spiro atoms. The van der Waals surface area contributed by atoms with Gasteiger partial charge in [0.25, 0.3) is 0 Å². The van der Waals surface area contributed by atoms with Crippen molar-refractivity contribution < 1.29 is 19.4 Å². The summed E-state index contributed by atoms with van der Waals surface area (Å²) in [5.74, 6) is 0.243. The Morgan fingerprint density at radius 1 is 1.18 bits per heavy atom. The van der Waals surface area contributed by atoms with Crippen LogP contribution >= 0.6 is 0 Å². The number of aliphatic hydroxyl groups excluding tert-OH is 1. The van der Waals surface area contributed by atoms with Crippen molar-refractivity contribution in [3.8, 4) is 0 Å². The quantitative estimate of drug-likeness (QED) is 0.495. The first kappa shape index (κ1) is 23.2. The van der Waals surface area contributed by atoms with Crippen LogP contribution in [-0.4, -0.2) is 48.1 Å². The summed E-state index contributed by atoms with van der Waals surface area (Å²) in [5, 5.41) is 9.82. The van der Waals surface area contributed by atoms with Crippen LogP contribution in [0.4, 0.5) is 5.69 Å². The number of amides is 2. The van der Waals surface area contributed by atoms with Gasteiger partial charge in [-0.15, -0.1) is 0 Å². The number of carbonyl (C=O) groups excluding carboxylic acids is 2. The largest absolute Gasteiger partial charge is 0.394 e. The third kappa shape index (κ3) is 5.02. The Hall–Kier alpha value is -2.96. The summed E-state index contributed by atoms with van der Waals surface area (Å²) in [6.45, 7) is 3.34. The van der Waals surface area contributed by atoms with Crippen LogP contribution in [0.3, 0.4) is 0 Å². The number of carbonyl (C=O) groups is 2. The number of rotatable bonds is 8. The van der Waals surface area contributed by atoms with Crippen LogP contribution in [0.2, 0.25) is 0 Å². The van der Waals surface area contributed by atoms with Gasteiger partial charge in [0, 0.05) is 44.6 Å². The normalized spacial score (nSPS) is 19.8. The number of methoxy groups -OCH3 is 1. The Morgan fingerprint density at radius 2 is 1.91 bits per heavy atom. The zero-order valence-corrected chi connectivity index (χ0v) is 19.3. The van der Waals surface area contributed by atoms with Crippen LogP contribution in [0.1, 0.15) is 42.6 Å². The molecule has 1 saturated heterocycles. The van der Waals surface area contributed by atoms with E-state index in [2.05, 4.69) is 13.0 Å². The number of hydrogen-bond donors (Lipinski definition) is 1. The van der Waals surface area contributed by atoms with Gasteiger partial charge in [-0.1, -0.05) is 55.5 Å². The van der Waals surface area contributed by atoms with E-state index in [1.54, 1.807) is 16.9 Å². The van der Waals surface area contributed by atoms with Gasteiger partial charge in [0.2, 0.25) is 11.8 Å². The molecule has 0 bridgehead atoms. The van der Waals surface area contributed by atoms with Crippen molar-refractivity contribution in [3.63, 3.8) is 0 Å². The van der Waals surface area contributed by atoms with Gasteiger partial charge in [0.05, 0.1) is 18.8 Å². The predicted molar refractivity (Wildman–Crippen MR) is 128 cm³/mol. The van der Waals surface area contributed by atoms with Crippen molar-refractivity contribution in [1.82, 2.24) is 4.90 Å². The average molecular weight is 449 g/mol. The zero-order chi connectivity index (χ0) is 23.4. The van der Waals surface area contributed by atoms with Crippen molar-refractivity contribution in [2.24, 2.45) is 5.92 Å². The molecule has 4 rings (SSSR count). The first-order valence-corrected chi connectivity index (χ1v) is 11.6. The number of hydrogen-bond acceptors (Lipinski definition) is 4. The number of fused-ring (bicyclic) bond motifs is 1. The maximum Gasteiger partial charge on any atom is 0.228 e. The second-order valence-electron chi connectivity index (χ2n) is 8.87. The monoisotopic (exact) mass is 448 g/mol. The molecule has 1 fully saturated rings. The fourth-order valence-electron chi connectivity index (χ4n) is 4.73. The van der Waals surface area contributed by atoms with Gasteiger partial charge in [0.15, 0.2) is 0 Å². The fraction of sp³-hybridized carbons (Fsp3) is 0.407. The van der Waals surface area contributed by atoms with Crippen LogP contribution in [0.5, 0.6) is 0 Å². The molecule has 6 heteroatoms. The third-order valence-electron chi connectivity index (χ3n) is 6.73. The van der Waals surface area contributed by atoms with Gasteiger partial charge in [-0.3, -0.25) is 9.59 Å². The number of benzene rings is 2. The van der Waals surface area contributed by atoms with Crippen LogP contribution in [-0.2, 0) is 27.3 Å². The van der Waals surface area contributed by atoms with Crippen molar-refractivity contribution >= 4 is 17.5 Å². The Morgan fingerprint density at radius 3 is 2.52 bits per heavy atom. The van der Waals surface area contributed by atoms with Gasteiger partial charge in [-0.2, -0.15) is 0 Å². The van der Waals surface area contributed by atoms with E-state index in [1.165, 1.54) is 5.56 Å². The lowest BCUT2D eigenvalue weighted by atomic mass is 9.93. The summed E-state index contributed by atoms with van der Waals surface area (Å²) >= 11 is 0. The highest BCUT2D eigenvalue weighted by Crippen LogP contribution is 2.30. The predicted octanol–water partition coefficient (Wildman–Crippen LogP) is 3.64. The lowest BCUT2D eigenvalue weighted by molar-refractivity contribution is -0.134. The molecule has 1 N–H and O–H groups in total. The molecule has 0 aliphatic carbocycles. The molecule has 3 atom stereocenters. The fourth-order valence-corrected chi connectivity index (χ4v) is 4.73. The summed E-state index contributed by atoms with van der Waals surface area (Å²) in [5.41, 5.74) is 4.30. The second kappa shape index (κ2) is 10.3. The van der Waals surface area contributed by atoms with Crippen LogP contribution < -0.4 is 4.90 Å². The van der Waals surface area contributed by atoms with Crippen LogP contribution in [0, 0.1) is 5.92 Å². The van der Waals surface area contributed by atoms with E-state index in [9.17, 15) is 14.7 Å². The highest BCUT2D eigenvalue weighted by atomic mass is 16.5. The molecular weight excluding hydrogens is 416 g/mol. The van der Waals surface area contributed by atoms with Gasteiger partial charge < -0.3 is 19.6 Å². The minimum Gasteiger partial charge on any atom is -0.394 e. The van der Waals surface area contributed by atoms with E-state index in [0.29, 0.717) is 19.4 Å². The summed E-state index contributed by atoms with van der Waals surface area (Å²) in [4.78, 5) is 28.1. The molecule has 2 aromatic rings. The van der Waals surface area contributed by atoms with Crippen molar-refractivity contribution in [3.05, 3.63) is 77.4 Å². The number of nitrogens with zero attached hydrogens (tertiary/aromatic N) is 2. The molecule has 0 saturated carbocycles. The Balaban J connectivity index is 1.36. The molecular formula is C27H32N2O4. The first-order valence-electron chi connectivity index (χ1n) is 11.6. The first-order chi connectivity index (χ1) is 16.0. The smallest absolute Gasteiger partial charge is 0.228 e. The molecule has 0 unspecified atom stereocenters. The third-order valence-corrected chi connectivity index (χ3v) is 6.73. The number of ether oxygens (including phenoxy) is 1. The van der Waals surface area contributed by atoms with Gasteiger partial charge in [0.1, 0.15) is 0 Å². The molecule has 2 aliphatic heterocycles. The van der Waals surface area contributed by atoms with Crippen LogP contribution in [0.15, 0.2) is 60.7 Å². The highest BCUT2D eigenvalue weighted by molar-refractivity contribution is 5.99. The minimum atomic E-state index is -0.179. The summed E-state index contributed by atoms with van der Waals surface area (Å²) in [7, 11) is 1.68. The maximum absolute atomic E-state index is 12.9. The molecule has 2 aromatic carbocycles. The van der Waals surface area contributed by atoms with E-state index in [0.717, 1.165) is 23.4 Å². The topological polar surface area (TPSA) is 70.1 Å². The van der Waals surface area contributed by atoms with Crippen molar-refractivity contribution in [2.75, 3.05) is 25.2 Å². The van der Waals surface area contributed by atoms with Crippen molar-refractivity contribution in [2.45, 2.75) is 44.9 Å². The number of β-lactam (4-membered cyclic amide) rings is 1. The standard InChI is InChI=1S/C27H32N2O4/c1-19(27(33-2)20-10-12-23(13-11-20)28-15-14-26(28)32)6-5-9-25(31)29-17-22-8-4-3-7-21(22)16-24(29)18-30/h3-8,10-13,19,24,27,30H,9,14-18H2,1-2H3/b6-5+/t19-,24-,27+/m0/s1. The lowest BCUT2D eigenvalue weighted by Crippen LogP contribution is -2.46. The van der Waals surface area contributed by atoms with E-state index in [4.69, 9.17) is 4.74 Å². The number of aliphatic hydroxyl groups is 1. The summed E-state index contributed by atoms with van der Waals surface area (Å²) in [6, 6.07) is 15.8. The molecule has 174 valence electrons. The lowest BCUT2D eigenvalue weighted by Gasteiger charge is -2.36. The maximum atomic E-state index is 12.9. The van der Waals surface area contributed by atoms with E-state index >= 15 is 0 Å². The van der Waals surface area contributed by atoms with E-state index in [-0.39, 0.29) is 42.9 Å². The van der Waals surface area contributed by atoms with E-state index < -0.39 is 0 Å². The molecule has 0 aromatic heterocycles. The molecule has 2 aliphatic rings. The Kier molecular flexibility index (Phi) is 7.26. The molecule has 0 radical (unpaired) electrons. The second-order valence-corrected chi connectivity index (χ2v) is 8.87. The average Bonchev–Trinajstić information content (AvgIpc) is 2.83. The van der Waals surface area contributed by atoms with Gasteiger partial charge in [-0.05, 0) is 35.2 Å². The van der Waals surface area contributed by atoms with Gasteiger partial charge in [-0.25, -0.2) is 0 Å². The minimum absolute atomic E-state index is 0.0181. The van der Waals surface area contributed by atoms with E-state index in [1.807, 2.05) is 54.6 Å². The number of anilines is 1. The summed E-state index contributed by atoms with van der Waals surface area (Å²) in [6.07, 6.45) is 5.36. The van der Waals surface area contributed by atoms with Crippen molar-refractivity contribution in [1.29, 1.82) is 0 Å². The zero-order valence-electron chi connectivity index (χ0n) is 19.3. The SMILES string of the molecule is CO[C@@H](c1ccc(N2CCC2=O)cc1)[C@@H](C)/C=C/CC(=O)N1Cc2ccccc2C[C@H]1CO. The molecule has 2 heterocycles. The van der Waals surface area contributed by atoms with Crippen LogP contribution in [0.25, 0.3) is 0 Å². The summed E-state index contributed by atoms with van der Waals surface area (Å²) < 4.78 is 5.75.